The van der Waals surface area contributed by atoms with E-state index in [4.69, 9.17) is 0 Å². The van der Waals surface area contributed by atoms with Gasteiger partial charge in [-0.2, -0.15) is 0 Å². The Hall–Kier alpha value is -1.37. The van der Waals surface area contributed by atoms with E-state index in [2.05, 4.69) is 6.58 Å². The van der Waals surface area contributed by atoms with Crippen LogP contribution in [0.1, 0.15) is 12.5 Å². The molecule has 0 aliphatic carbocycles. The lowest BCUT2D eigenvalue weighted by Crippen LogP contribution is -1.80. The second-order valence-electron chi connectivity index (χ2n) is 2.60. The Morgan fingerprint density at radius 2 is 2.25 bits per heavy atom. The summed E-state index contributed by atoms with van der Waals surface area (Å²) in [5.74, 6) is -0.204. The molecule has 62 valence electrons. The van der Waals surface area contributed by atoms with Crippen LogP contribution in [0.2, 0.25) is 0 Å². The lowest BCUT2D eigenvalue weighted by Gasteiger charge is -1.99. The van der Waals surface area contributed by atoms with Crippen molar-refractivity contribution in [3.63, 3.8) is 0 Å². The van der Waals surface area contributed by atoms with Crippen LogP contribution in [0.25, 0.3) is 5.57 Å². The molecule has 0 aliphatic heterocycles. The molecule has 0 radical (unpaired) electrons. The van der Waals surface area contributed by atoms with Crippen LogP contribution in [0, 0.1) is 5.82 Å². The first-order valence-electron chi connectivity index (χ1n) is 3.79. The summed E-state index contributed by atoms with van der Waals surface area (Å²) in [5, 5.41) is 0. The fourth-order valence-electron chi connectivity index (χ4n) is 1.01. The predicted octanol–water partition coefficient (Wildman–Crippen LogP) is 3.42. The molecule has 12 heavy (non-hydrogen) atoms. The first kappa shape index (κ1) is 8.72. The lowest BCUT2D eigenvalue weighted by atomic mass is 10.1. The Bertz CT molecular complexity index is 311. The van der Waals surface area contributed by atoms with Gasteiger partial charge in [0, 0.05) is 0 Å². The maximum Gasteiger partial charge on any atom is 0.123 e. The average Bonchev–Trinajstić information content (AvgIpc) is 2.05. The molecule has 1 aromatic rings. The van der Waals surface area contributed by atoms with Crippen molar-refractivity contribution in [1.82, 2.24) is 0 Å². The van der Waals surface area contributed by atoms with Crippen molar-refractivity contribution in [1.29, 1.82) is 0 Å². The molecule has 1 rings (SSSR count). The minimum atomic E-state index is -0.204. The van der Waals surface area contributed by atoms with Gasteiger partial charge in [-0.1, -0.05) is 30.9 Å². The van der Waals surface area contributed by atoms with Crippen molar-refractivity contribution < 1.29 is 4.39 Å². The van der Waals surface area contributed by atoms with Crippen LogP contribution in [-0.4, -0.2) is 0 Å². The van der Waals surface area contributed by atoms with E-state index in [0.29, 0.717) is 0 Å². The first-order chi connectivity index (χ1) is 5.74. The van der Waals surface area contributed by atoms with Gasteiger partial charge in [-0.15, -0.1) is 0 Å². The molecule has 0 N–H and O–H groups in total. The molecule has 0 spiro atoms. The summed E-state index contributed by atoms with van der Waals surface area (Å²) in [5.41, 5.74) is 1.92. The quantitative estimate of drug-likeness (QED) is 0.584. The summed E-state index contributed by atoms with van der Waals surface area (Å²) < 4.78 is 12.7. The summed E-state index contributed by atoms with van der Waals surface area (Å²) >= 11 is 0. The van der Waals surface area contributed by atoms with E-state index >= 15 is 0 Å². The normalized spacial score (nSPS) is 11.3. The van der Waals surface area contributed by atoms with Gasteiger partial charge < -0.3 is 0 Å². The number of hydrogen-bond acceptors (Lipinski definition) is 0. The molecule has 0 aliphatic rings. The molecule has 0 nitrogen and oxygen atoms in total. The molecule has 0 amide bonds. The molecular formula is C11H11F. The van der Waals surface area contributed by atoms with Crippen molar-refractivity contribution in [2.45, 2.75) is 6.92 Å². The third-order valence-corrected chi connectivity index (χ3v) is 1.65. The molecule has 0 aromatic heterocycles. The second kappa shape index (κ2) is 3.86. The number of halogens is 1. The van der Waals surface area contributed by atoms with Gasteiger partial charge in [-0.25, -0.2) is 4.39 Å². The molecule has 0 unspecified atom stereocenters. The van der Waals surface area contributed by atoms with E-state index in [1.165, 1.54) is 12.1 Å². The van der Waals surface area contributed by atoms with Gasteiger partial charge in [0.1, 0.15) is 5.82 Å². The van der Waals surface area contributed by atoms with Crippen LogP contribution in [0.5, 0.6) is 0 Å². The van der Waals surface area contributed by atoms with Gasteiger partial charge >= 0.3 is 0 Å². The number of benzene rings is 1. The predicted molar refractivity (Wildman–Crippen MR) is 50.2 cm³/mol. The largest absolute Gasteiger partial charge is 0.207 e. The monoisotopic (exact) mass is 162 g/mol. The van der Waals surface area contributed by atoms with E-state index in [9.17, 15) is 4.39 Å². The maximum absolute atomic E-state index is 12.7. The molecule has 0 bridgehead atoms. The van der Waals surface area contributed by atoms with Crippen molar-refractivity contribution in [3.05, 3.63) is 54.4 Å². The van der Waals surface area contributed by atoms with Crippen LogP contribution >= 0.6 is 0 Å². The van der Waals surface area contributed by atoms with E-state index in [1.807, 2.05) is 19.1 Å². The van der Waals surface area contributed by atoms with Gasteiger partial charge in [-0.05, 0) is 30.2 Å². The maximum atomic E-state index is 12.7. The van der Waals surface area contributed by atoms with Crippen LogP contribution < -0.4 is 0 Å². The molecular weight excluding hydrogens is 151 g/mol. The van der Waals surface area contributed by atoms with E-state index < -0.39 is 0 Å². The fraction of sp³-hybridized carbons (Fsp3) is 0.0909. The Labute approximate surface area is 72.0 Å². The molecule has 0 fully saturated rings. The summed E-state index contributed by atoms with van der Waals surface area (Å²) in [4.78, 5) is 0. The summed E-state index contributed by atoms with van der Waals surface area (Å²) in [6, 6.07) is 6.52. The molecule has 0 saturated carbocycles. The van der Waals surface area contributed by atoms with Crippen molar-refractivity contribution in [2.75, 3.05) is 0 Å². The minimum Gasteiger partial charge on any atom is -0.207 e. The van der Waals surface area contributed by atoms with E-state index in [-0.39, 0.29) is 5.82 Å². The highest BCUT2D eigenvalue weighted by molar-refractivity contribution is 5.64. The molecule has 1 heteroatoms. The van der Waals surface area contributed by atoms with Crippen LogP contribution in [-0.2, 0) is 0 Å². The third-order valence-electron chi connectivity index (χ3n) is 1.65. The van der Waals surface area contributed by atoms with E-state index in [0.717, 1.165) is 11.1 Å². The van der Waals surface area contributed by atoms with Crippen molar-refractivity contribution in [2.24, 2.45) is 0 Å². The summed E-state index contributed by atoms with van der Waals surface area (Å²) in [6.07, 6.45) is 3.55. The number of hydrogen-bond donors (Lipinski definition) is 0. The van der Waals surface area contributed by atoms with Gasteiger partial charge in [-0.3, -0.25) is 0 Å². The SMILES string of the molecule is C=C/C=C(/C)c1cccc(F)c1. The van der Waals surface area contributed by atoms with Gasteiger partial charge in [0.05, 0.1) is 0 Å². The van der Waals surface area contributed by atoms with Crippen molar-refractivity contribution >= 4 is 5.57 Å². The van der Waals surface area contributed by atoms with Crippen LogP contribution in [0.15, 0.2) is 43.0 Å². The average molecular weight is 162 g/mol. The van der Waals surface area contributed by atoms with Crippen LogP contribution in [0.3, 0.4) is 0 Å². The standard InChI is InChI=1S/C11H11F/c1-3-5-9(2)10-6-4-7-11(12)8-10/h3-8H,1H2,2H3/b9-5-. The topological polar surface area (TPSA) is 0 Å². The summed E-state index contributed by atoms with van der Waals surface area (Å²) in [7, 11) is 0. The van der Waals surface area contributed by atoms with Gasteiger partial charge in [0.25, 0.3) is 0 Å². The Balaban J connectivity index is 3.03. The summed E-state index contributed by atoms with van der Waals surface area (Å²) in [6.45, 7) is 5.51. The van der Waals surface area contributed by atoms with Gasteiger partial charge in [0.15, 0.2) is 0 Å². The fourth-order valence-corrected chi connectivity index (χ4v) is 1.01. The minimum absolute atomic E-state index is 0.204. The molecule has 0 saturated heterocycles. The zero-order valence-corrected chi connectivity index (χ0v) is 7.05. The molecule has 0 heterocycles. The van der Waals surface area contributed by atoms with Gasteiger partial charge in [0.2, 0.25) is 0 Å². The smallest absolute Gasteiger partial charge is 0.123 e. The third kappa shape index (κ3) is 2.06. The van der Waals surface area contributed by atoms with Crippen molar-refractivity contribution in [3.8, 4) is 0 Å². The highest BCUT2D eigenvalue weighted by Gasteiger charge is 1.95. The molecule has 0 atom stereocenters. The van der Waals surface area contributed by atoms with Crippen LogP contribution in [0.4, 0.5) is 4.39 Å². The molecule has 1 aromatic carbocycles. The lowest BCUT2D eigenvalue weighted by molar-refractivity contribution is 0.627. The highest BCUT2D eigenvalue weighted by atomic mass is 19.1. The zero-order chi connectivity index (χ0) is 8.97. The van der Waals surface area contributed by atoms with E-state index in [1.54, 1.807) is 12.1 Å². The second-order valence-corrected chi connectivity index (χ2v) is 2.60. The number of rotatable bonds is 2. The highest BCUT2D eigenvalue weighted by Crippen LogP contribution is 2.14. The Morgan fingerprint density at radius 3 is 2.83 bits per heavy atom. The Kier molecular flexibility index (Phi) is 2.81. The number of allylic oxidation sites excluding steroid dienone is 3. The first-order valence-corrected chi connectivity index (χ1v) is 3.79. The Morgan fingerprint density at radius 1 is 1.50 bits per heavy atom. The zero-order valence-electron chi connectivity index (χ0n) is 7.05.